The first-order chi connectivity index (χ1) is 16.0. The van der Waals surface area contributed by atoms with E-state index in [4.69, 9.17) is 5.10 Å². The Morgan fingerprint density at radius 1 is 1.30 bits per heavy atom. The molecule has 0 aromatic carbocycles. The molecule has 0 bridgehead atoms. The van der Waals surface area contributed by atoms with Crippen LogP contribution in [0.15, 0.2) is 51.9 Å². The summed E-state index contributed by atoms with van der Waals surface area (Å²) in [6.07, 6.45) is 5.27. The van der Waals surface area contributed by atoms with Crippen molar-refractivity contribution < 1.29 is 9.72 Å². The number of allylic oxidation sites excluding steroid dienone is 1. The van der Waals surface area contributed by atoms with E-state index in [0.717, 1.165) is 33.9 Å². The Labute approximate surface area is 199 Å². The Balaban J connectivity index is 1.61. The van der Waals surface area contributed by atoms with E-state index >= 15 is 0 Å². The van der Waals surface area contributed by atoms with Gasteiger partial charge in [0.05, 0.1) is 16.7 Å². The minimum Gasteiger partial charge on any atom is -0.265 e. The third-order valence-corrected chi connectivity index (χ3v) is 7.90. The highest BCUT2D eigenvalue weighted by atomic mass is 32.1. The number of rotatable bonds is 5. The molecule has 2 aliphatic rings. The van der Waals surface area contributed by atoms with Crippen LogP contribution in [-0.2, 0) is 6.54 Å². The van der Waals surface area contributed by atoms with Crippen molar-refractivity contribution in [3.63, 3.8) is 0 Å². The van der Waals surface area contributed by atoms with E-state index in [9.17, 15) is 14.9 Å². The zero-order chi connectivity index (χ0) is 23.1. The zero-order valence-corrected chi connectivity index (χ0v) is 19.9. The maximum atomic E-state index is 13.7. The lowest BCUT2D eigenvalue weighted by Gasteiger charge is -2.31. The third kappa shape index (κ3) is 3.93. The summed E-state index contributed by atoms with van der Waals surface area (Å²) in [4.78, 5) is 26.9. The molecule has 1 fully saturated rings. The van der Waals surface area contributed by atoms with Crippen molar-refractivity contribution in [3.05, 3.63) is 72.4 Å². The molecule has 0 radical (unpaired) electrons. The number of nitro groups is 1. The molecule has 3 atom stereocenters. The summed E-state index contributed by atoms with van der Waals surface area (Å²) < 4.78 is 1.42. The summed E-state index contributed by atoms with van der Waals surface area (Å²) in [6, 6.07) is 7.76. The first-order valence-corrected chi connectivity index (χ1v) is 12.6. The van der Waals surface area contributed by atoms with E-state index < -0.39 is 10.8 Å². The molecule has 10 heteroatoms. The number of amides is 1. The fourth-order valence-corrected chi connectivity index (χ4v) is 6.26. The first kappa shape index (κ1) is 21.7. The fraction of sp³-hybridized carbons (Fsp3) is 0.348. The van der Waals surface area contributed by atoms with E-state index in [-0.39, 0.29) is 23.3 Å². The minimum atomic E-state index is -0.549. The normalized spacial score (nSPS) is 23.6. The number of carbonyl (C=O) groups excluding carboxylic acids is 1. The Kier molecular flexibility index (Phi) is 5.71. The van der Waals surface area contributed by atoms with Crippen LogP contribution in [-0.4, -0.2) is 31.3 Å². The molecule has 0 N–H and O–H groups in total. The van der Waals surface area contributed by atoms with Gasteiger partial charge in [-0.3, -0.25) is 19.6 Å². The van der Waals surface area contributed by atoms with Crippen LogP contribution in [0.4, 0.5) is 5.69 Å². The first-order valence-electron chi connectivity index (χ1n) is 10.9. The number of aromatic nitrogens is 2. The number of hydrogen-bond acceptors (Lipinski definition) is 7. The lowest BCUT2D eigenvalue weighted by Crippen LogP contribution is -2.33. The molecule has 3 aromatic heterocycles. The van der Waals surface area contributed by atoms with Crippen molar-refractivity contribution in [1.82, 2.24) is 14.8 Å². The Hall–Kier alpha value is -3.11. The second-order valence-corrected chi connectivity index (χ2v) is 10.4. The van der Waals surface area contributed by atoms with Gasteiger partial charge in [-0.25, -0.2) is 5.01 Å². The number of carbonyl (C=O) groups is 1. The van der Waals surface area contributed by atoms with Crippen molar-refractivity contribution in [2.24, 2.45) is 16.9 Å². The lowest BCUT2D eigenvalue weighted by atomic mass is 9.74. The highest BCUT2D eigenvalue weighted by Crippen LogP contribution is 2.47. The van der Waals surface area contributed by atoms with Gasteiger partial charge in [-0.1, -0.05) is 19.1 Å². The average molecular weight is 482 g/mol. The predicted octanol–water partition coefficient (Wildman–Crippen LogP) is 5.62. The molecule has 4 heterocycles. The van der Waals surface area contributed by atoms with Crippen LogP contribution in [0.25, 0.3) is 6.08 Å². The van der Waals surface area contributed by atoms with Crippen LogP contribution in [0.5, 0.6) is 0 Å². The molecule has 1 aliphatic carbocycles. The van der Waals surface area contributed by atoms with E-state index in [1.807, 2.05) is 35.9 Å². The van der Waals surface area contributed by atoms with Gasteiger partial charge in [0.2, 0.25) is 5.69 Å². The smallest absolute Gasteiger partial charge is 0.265 e. The molecule has 170 valence electrons. The van der Waals surface area contributed by atoms with Gasteiger partial charge in [0.25, 0.3) is 0 Å². The molecule has 1 saturated carbocycles. The van der Waals surface area contributed by atoms with E-state index in [0.29, 0.717) is 12.5 Å². The van der Waals surface area contributed by atoms with Crippen LogP contribution in [0.3, 0.4) is 0 Å². The summed E-state index contributed by atoms with van der Waals surface area (Å²) in [5.41, 5.74) is 1.59. The van der Waals surface area contributed by atoms with Crippen molar-refractivity contribution in [2.75, 3.05) is 0 Å². The Morgan fingerprint density at radius 2 is 2.09 bits per heavy atom. The van der Waals surface area contributed by atoms with Crippen molar-refractivity contribution in [1.29, 1.82) is 0 Å². The summed E-state index contributed by atoms with van der Waals surface area (Å²) in [5, 5.41) is 26.2. The van der Waals surface area contributed by atoms with Gasteiger partial charge in [-0.15, -0.1) is 22.7 Å². The standard InChI is InChI=1S/C23H23N5O3S2/c1-3-26-13-18(28(30)31)21(24-26)23(29)27-22(19-7-5-9-33-19)17-11-14(2)10-15(20(17)25-27)12-16-6-4-8-32-16/h4-9,12-14,17,22H,3,10-11H2,1-2H3/b15-12-/t14-,17-,22-/m0/s1. The molecule has 3 aromatic rings. The van der Waals surface area contributed by atoms with E-state index in [1.54, 1.807) is 22.7 Å². The van der Waals surface area contributed by atoms with Gasteiger partial charge in [-0.05, 0) is 60.2 Å². The third-order valence-electron chi connectivity index (χ3n) is 6.13. The number of fused-ring (bicyclic) bond motifs is 1. The second-order valence-electron chi connectivity index (χ2n) is 8.41. The van der Waals surface area contributed by atoms with Gasteiger partial charge in [0.15, 0.2) is 0 Å². The highest BCUT2D eigenvalue weighted by Gasteiger charge is 2.47. The van der Waals surface area contributed by atoms with Gasteiger partial charge in [0.1, 0.15) is 6.20 Å². The maximum Gasteiger partial charge on any atom is 0.320 e. The molecule has 1 aliphatic heterocycles. The maximum absolute atomic E-state index is 13.7. The topological polar surface area (TPSA) is 93.6 Å². The molecule has 0 saturated heterocycles. The number of hydrogen-bond donors (Lipinski definition) is 0. The molecule has 5 rings (SSSR count). The fourth-order valence-electron chi connectivity index (χ4n) is 4.71. The Bertz CT molecular complexity index is 1240. The Morgan fingerprint density at radius 3 is 2.76 bits per heavy atom. The molecule has 0 spiro atoms. The SMILES string of the molecule is CCn1cc([N+](=O)[O-])c(C(=O)N2N=C3/C(=C\c4cccs4)C[C@H](C)C[C@@H]3[C@H]2c2cccs2)n1. The molecule has 0 unspecified atom stereocenters. The number of thiophene rings is 2. The van der Waals surface area contributed by atoms with Gasteiger partial charge < -0.3 is 0 Å². The molecule has 33 heavy (non-hydrogen) atoms. The highest BCUT2D eigenvalue weighted by molar-refractivity contribution is 7.11. The molecule has 1 amide bonds. The van der Waals surface area contributed by atoms with Crippen molar-refractivity contribution in [3.8, 4) is 0 Å². The predicted molar refractivity (Wildman–Crippen MR) is 129 cm³/mol. The van der Waals surface area contributed by atoms with Gasteiger partial charge in [0, 0.05) is 22.2 Å². The van der Waals surface area contributed by atoms with Crippen molar-refractivity contribution >= 4 is 46.1 Å². The van der Waals surface area contributed by atoms with E-state index in [1.165, 1.54) is 15.9 Å². The monoisotopic (exact) mass is 481 g/mol. The number of aryl methyl sites for hydroxylation is 1. The lowest BCUT2D eigenvalue weighted by molar-refractivity contribution is -0.385. The van der Waals surface area contributed by atoms with Crippen molar-refractivity contribution in [2.45, 2.75) is 39.3 Å². The largest absolute Gasteiger partial charge is 0.320 e. The summed E-state index contributed by atoms with van der Waals surface area (Å²) in [6.45, 7) is 4.49. The molecular weight excluding hydrogens is 458 g/mol. The van der Waals surface area contributed by atoms with Crippen LogP contribution < -0.4 is 0 Å². The molecule has 8 nitrogen and oxygen atoms in total. The van der Waals surface area contributed by atoms with Crippen LogP contribution in [0.2, 0.25) is 0 Å². The molecular formula is C23H23N5O3S2. The van der Waals surface area contributed by atoms with Crippen LogP contribution in [0.1, 0.15) is 53.0 Å². The number of nitrogens with zero attached hydrogens (tertiary/aromatic N) is 5. The van der Waals surface area contributed by atoms with Crippen LogP contribution >= 0.6 is 22.7 Å². The quantitative estimate of drug-likeness (QED) is 0.349. The average Bonchev–Trinajstić information content (AvgIpc) is 3.58. The van der Waals surface area contributed by atoms with Crippen LogP contribution in [0, 0.1) is 22.0 Å². The summed E-state index contributed by atoms with van der Waals surface area (Å²) in [5.74, 6) is -0.0569. The van der Waals surface area contributed by atoms with E-state index in [2.05, 4.69) is 24.2 Å². The summed E-state index contributed by atoms with van der Waals surface area (Å²) >= 11 is 3.24. The van der Waals surface area contributed by atoms with Gasteiger partial charge in [-0.2, -0.15) is 10.2 Å². The second kappa shape index (κ2) is 8.68. The zero-order valence-electron chi connectivity index (χ0n) is 18.2. The minimum absolute atomic E-state index is 0.0369. The van der Waals surface area contributed by atoms with Gasteiger partial charge >= 0.3 is 11.6 Å². The summed E-state index contributed by atoms with van der Waals surface area (Å²) in [7, 11) is 0. The number of hydrazone groups is 1.